The van der Waals surface area contributed by atoms with Crippen LogP contribution in [0.25, 0.3) is 11.1 Å². The Balaban J connectivity index is 2.12. The molecule has 0 radical (unpaired) electrons. The lowest BCUT2D eigenvalue weighted by Gasteiger charge is -2.25. The van der Waals surface area contributed by atoms with Gasteiger partial charge in [0.15, 0.2) is 5.78 Å². The topological polar surface area (TPSA) is 85.3 Å². The van der Waals surface area contributed by atoms with Gasteiger partial charge in [-0.2, -0.15) is 0 Å². The van der Waals surface area contributed by atoms with E-state index in [4.69, 9.17) is 0 Å². The van der Waals surface area contributed by atoms with E-state index in [1.807, 2.05) is 30.3 Å². The van der Waals surface area contributed by atoms with E-state index in [0.717, 1.165) is 11.1 Å². The van der Waals surface area contributed by atoms with Crippen LogP contribution in [0.2, 0.25) is 0 Å². The van der Waals surface area contributed by atoms with Crippen molar-refractivity contribution < 1.29 is 28.5 Å². The van der Waals surface area contributed by atoms with Crippen molar-refractivity contribution in [2.75, 3.05) is 0 Å². The lowest BCUT2D eigenvalue weighted by atomic mass is 9.95. The van der Waals surface area contributed by atoms with Gasteiger partial charge in [0.2, 0.25) is 0 Å². The van der Waals surface area contributed by atoms with Gasteiger partial charge in [-0.25, -0.2) is 19.2 Å². The van der Waals surface area contributed by atoms with Crippen LogP contribution in [0.4, 0.5) is 0 Å². The number of imide groups is 6. The minimum atomic E-state index is -1.90. The molecule has 0 unspecified atom stereocenters. The Hall–Kier alpha value is -4.81. The molecular weight excluding hydrogens is 442 g/mol. The van der Waals surface area contributed by atoms with Gasteiger partial charge >= 0.3 is 23.6 Å². The second kappa shape index (κ2) is 10.4. The van der Waals surface area contributed by atoms with Gasteiger partial charge in [-0.3, -0.25) is 4.79 Å². The molecule has 6 nitrogen and oxygen atoms in total. The number of quaternary nitrogens is 1. The molecule has 0 aliphatic heterocycles. The molecule has 0 saturated heterocycles. The third kappa shape index (κ3) is 4.38. The maximum Gasteiger partial charge on any atom is 0.369 e. The first-order valence-electron chi connectivity index (χ1n) is 10.6. The van der Waals surface area contributed by atoms with Gasteiger partial charge in [0, 0.05) is 29.4 Å². The minimum Gasteiger partial charge on any atom is -0.289 e. The Morgan fingerprint density at radius 1 is 0.543 bits per heavy atom. The lowest BCUT2D eigenvalue weighted by molar-refractivity contribution is -0.608. The molecule has 0 saturated carbocycles. The van der Waals surface area contributed by atoms with Crippen LogP contribution in [-0.4, -0.2) is 33.9 Å². The number of rotatable bonds is 7. The van der Waals surface area contributed by atoms with E-state index in [0.29, 0.717) is 18.2 Å². The molecular formula is C29H22NO5+. The Morgan fingerprint density at radius 3 is 1.46 bits per heavy atom. The maximum absolute atomic E-state index is 13.7. The zero-order valence-corrected chi connectivity index (χ0v) is 18.8. The molecule has 0 aromatic heterocycles. The van der Waals surface area contributed by atoms with Crippen LogP contribution >= 0.6 is 0 Å². The molecule has 0 spiro atoms. The summed E-state index contributed by atoms with van der Waals surface area (Å²) in [5.41, 5.74) is 1.80. The highest BCUT2D eigenvalue weighted by Gasteiger charge is 2.56. The average Bonchev–Trinajstić information content (AvgIpc) is 2.92. The second-order valence-corrected chi connectivity index (χ2v) is 7.42. The van der Waals surface area contributed by atoms with Gasteiger partial charge in [-0.1, -0.05) is 97.0 Å². The molecule has 3 aromatic carbocycles. The fourth-order valence-corrected chi connectivity index (χ4v) is 3.69. The third-order valence-electron chi connectivity index (χ3n) is 5.48. The van der Waals surface area contributed by atoms with Crippen molar-refractivity contribution in [3.05, 3.63) is 134 Å². The molecule has 0 N–H and O–H groups in total. The molecule has 4 amide bonds. The highest BCUT2D eigenvalue weighted by molar-refractivity contribution is 6.23. The minimum absolute atomic E-state index is 0.0713. The molecule has 0 heterocycles. The van der Waals surface area contributed by atoms with Crippen molar-refractivity contribution in [3.8, 4) is 11.1 Å². The standard InChI is InChI=1S/C29H22NO5/c1-4-25(31)30(26(32)5-2,27(33)6-3)29(35)24-15-11-10-14-23(24)28(34)22-18-16-21(17-19-22)20-12-8-7-9-13-20/h4-19H,1-3H2/q+1. The average molecular weight is 464 g/mol. The first kappa shape index (κ1) is 24.8. The van der Waals surface area contributed by atoms with E-state index in [9.17, 15) is 24.0 Å². The zero-order valence-electron chi connectivity index (χ0n) is 18.8. The first-order chi connectivity index (χ1) is 16.8. The number of ketones is 1. The Morgan fingerprint density at radius 2 is 0.971 bits per heavy atom. The number of amides is 4. The van der Waals surface area contributed by atoms with Crippen molar-refractivity contribution in [2.45, 2.75) is 0 Å². The predicted molar refractivity (Wildman–Crippen MR) is 132 cm³/mol. The van der Waals surface area contributed by atoms with Gasteiger partial charge in [0.25, 0.3) is 0 Å². The summed E-state index contributed by atoms with van der Waals surface area (Å²) < 4.78 is -1.90. The number of hydrogen-bond acceptors (Lipinski definition) is 5. The maximum atomic E-state index is 13.7. The van der Waals surface area contributed by atoms with E-state index in [2.05, 4.69) is 19.7 Å². The van der Waals surface area contributed by atoms with Crippen molar-refractivity contribution >= 4 is 29.4 Å². The van der Waals surface area contributed by atoms with Crippen molar-refractivity contribution in [1.29, 1.82) is 0 Å². The van der Waals surface area contributed by atoms with E-state index < -0.39 is 33.9 Å². The van der Waals surface area contributed by atoms with E-state index in [1.165, 1.54) is 24.3 Å². The molecule has 0 atom stereocenters. The monoisotopic (exact) mass is 464 g/mol. The van der Waals surface area contributed by atoms with Gasteiger partial charge in [0.1, 0.15) is 0 Å². The summed E-state index contributed by atoms with van der Waals surface area (Å²) in [5.74, 6) is -5.26. The lowest BCUT2D eigenvalue weighted by Crippen LogP contribution is -2.63. The summed E-state index contributed by atoms with van der Waals surface area (Å²) in [6, 6.07) is 22.0. The van der Waals surface area contributed by atoms with Gasteiger partial charge in [0.05, 0.1) is 5.56 Å². The van der Waals surface area contributed by atoms with Gasteiger partial charge in [-0.05, 0) is 17.2 Å². The third-order valence-corrected chi connectivity index (χ3v) is 5.48. The van der Waals surface area contributed by atoms with Crippen LogP contribution in [-0.2, 0) is 14.4 Å². The number of nitrogens with zero attached hydrogens (tertiary/aromatic N) is 1. The summed E-state index contributed by atoms with van der Waals surface area (Å²) >= 11 is 0. The van der Waals surface area contributed by atoms with Crippen molar-refractivity contribution in [2.24, 2.45) is 0 Å². The molecule has 0 fully saturated rings. The summed E-state index contributed by atoms with van der Waals surface area (Å²) in [5, 5.41) is 0. The number of carbonyl (C=O) groups excluding carboxylic acids is 5. The zero-order chi connectivity index (χ0) is 25.6. The molecule has 3 aromatic rings. The molecule has 0 bridgehead atoms. The first-order valence-corrected chi connectivity index (χ1v) is 10.6. The predicted octanol–water partition coefficient (Wildman–Crippen LogP) is 4.68. The smallest absolute Gasteiger partial charge is 0.289 e. The van der Waals surface area contributed by atoms with Crippen LogP contribution < -0.4 is 0 Å². The fraction of sp³-hybridized carbons (Fsp3) is 0. The Labute approximate surface area is 202 Å². The normalized spacial score (nSPS) is 10.6. The Bertz CT molecular complexity index is 1320. The number of carbonyl (C=O) groups is 5. The highest BCUT2D eigenvalue weighted by atomic mass is 16.2. The summed E-state index contributed by atoms with van der Waals surface area (Å²) in [6.07, 6.45) is 2.11. The largest absolute Gasteiger partial charge is 0.369 e. The summed E-state index contributed by atoms with van der Waals surface area (Å²) in [4.78, 5) is 65.4. The van der Waals surface area contributed by atoms with Crippen LogP contribution in [0.3, 0.4) is 0 Å². The van der Waals surface area contributed by atoms with E-state index >= 15 is 0 Å². The number of hydrogen-bond donors (Lipinski definition) is 0. The van der Waals surface area contributed by atoms with Gasteiger partial charge < -0.3 is 0 Å². The van der Waals surface area contributed by atoms with Crippen molar-refractivity contribution in [3.63, 3.8) is 0 Å². The summed E-state index contributed by atoms with van der Waals surface area (Å²) in [7, 11) is 0. The molecule has 172 valence electrons. The van der Waals surface area contributed by atoms with Crippen molar-refractivity contribution in [1.82, 2.24) is 0 Å². The van der Waals surface area contributed by atoms with Crippen LogP contribution in [0.15, 0.2) is 117 Å². The number of benzene rings is 3. The SMILES string of the molecule is C=CC(=O)[N+](C(=O)C=C)(C(=O)C=C)C(=O)c1ccccc1C(=O)c1ccc(-c2ccccc2)cc1. The summed E-state index contributed by atoms with van der Waals surface area (Å²) in [6.45, 7) is 9.95. The quantitative estimate of drug-likeness (QED) is 0.288. The molecule has 0 aliphatic rings. The van der Waals surface area contributed by atoms with Crippen LogP contribution in [0, 0.1) is 0 Å². The fourth-order valence-electron chi connectivity index (χ4n) is 3.69. The Kier molecular flexibility index (Phi) is 7.39. The van der Waals surface area contributed by atoms with Gasteiger partial charge in [-0.15, -0.1) is 0 Å². The second-order valence-electron chi connectivity index (χ2n) is 7.42. The van der Waals surface area contributed by atoms with Crippen LogP contribution in [0.1, 0.15) is 26.3 Å². The molecule has 0 aliphatic carbocycles. The van der Waals surface area contributed by atoms with E-state index in [-0.39, 0.29) is 16.7 Å². The van der Waals surface area contributed by atoms with E-state index in [1.54, 1.807) is 24.3 Å². The van der Waals surface area contributed by atoms with Crippen LogP contribution in [0.5, 0.6) is 0 Å². The molecule has 35 heavy (non-hydrogen) atoms. The molecule has 3 rings (SSSR count). The highest BCUT2D eigenvalue weighted by Crippen LogP contribution is 2.25. The molecule has 6 heteroatoms.